The highest BCUT2D eigenvalue weighted by Crippen LogP contribution is 2.11. The molecule has 0 spiro atoms. The Balaban J connectivity index is 2.49. The maximum absolute atomic E-state index is 11.3. The van der Waals surface area contributed by atoms with E-state index < -0.39 is 0 Å². The monoisotopic (exact) mass is 238 g/mol. The summed E-state index contributed by atoms with van der Waals surface area (Å²) in [6, 6.07) is 7.32. The highest BCUT2D eigenvalue weighted by Gasteiger charge is 2.02. The smallest absolute Gasteiger partial charge is 0.240 e. The van der Waals surface area contributed by atoms with Gasteiger partial charge in [-0.1, -0.05) is 43.6 Å². The second kappa shape index (κ2) is 6.28. The van der Waals surface area contributed by atoms with Crippen LogP contribution < -0.4 is 5.43 Å². The van der Waals surface area contributed by atoms with Crippen LogP contribution in [-0.4, -0.2) is 12.1 Å². The minimum absolute atomic E-state index is 0.0849. The molecule has 0 heterocycles. The SMILES string of the molecule is CC(C)CC(=O)N/N=C\c1ccccc1Cl. The van der Waals surface area contributed by atoms with Crippen molar-refractivity contribution in [2.75, 3.05) is 0 Å². The number of hydrogen-bond donors (Lipinski definition) is 1. The third kappa shape index (κ3) is 4.45. The highest BCUT2D eigenvalue weighted by atomic mass is 35.5. The van der Waals surface area contributed by atoms with Crippen LogP contribution in [0.4, 0.5) is 0 Å². The van der Waals surface area contributed by atoms with Gasteiger partial charge >= 0.3 is 0 Å². The van der Waals surface area contributed by atoms with Crippen LogP contribution in [0.5, 0.6) is 0 Å². The number of rotatable bonds is 4. The first-order chi connectivity index (χ1) is 7.59. The van der Waals surface area contributed by atoms with Gasteiger partial charge in [-0.05, 0) is 12.0 Å². The van der Waals surface area contributed by atoms with Crippen molar-refractivity contribution in [1.82, 2.24) is 5.43 Å². The zero-order valence-corrected chi connectivity index (χ0v) is 10.2. The standard InChI is InChI=1S/C12H15ClN2O/c1-9(2)7-12(16)15-14-8-10-5-3-4-6-11(10)13/h3-6,8-9H,7H2,1-2H3,(H,15,16)/b14-8-. The van der Waals surface area contributed by atoms with E-state index in [1.54, 1.807) is 12.3 Å². The summed E-state index contributed by atoms with van der Waals surface area (Å²) in [6.45, 7) is 3.97. The molecule has 0 atom stereocenters. The second-order valence-corrected chi connectivity index (χ2v) is 4.32. The number of carbonyl (C=O) groups is 1. The Morgan fingerprint density at radius 2 is 2.19 bits per heavy atom. The van der Waals surface area contributed by atoms with Gasteiger partial charge in [0.25, 0.3) is 0 Å². The predicted octanol–water partition coefficient (Wildman–Crippen LogP) is 2.84. The molecule has 1 aromatic rings. The van der Waals surface area contributed by atoms with E-state index in [9.17, 15) is 4.79 Å². The van der Waals surface area contributed by atoms with Crippen molar-refractivity contribution in [3.8, 4) is 0 Å². The molecule has 0 saturated heterocycles. The molecule has 3 nitrogen and oxygen atoms in total. The first kappa shape index (κ1) is 12.7. The highest BCUT2D eigenvalue weighted by molar-refractivity contribution is 6.33. The number of carbonyl (C=O) groups excluding carboxylic acids is 1. The maximum atomic E-state index is 11.3. The van der Waals surface area contributed by atoms with E-state index in [0.717, 1.165) is 5.56 Å². The first-order valence-corrected chi connectivity index (χ1v) is 5.54. The summed E-state index contributed by atoms with van der Waals surface area (Å²) in [5, 5.41) is 4.46. The summed E-state index contributed by atoms with van der Waals surface area (Å²) in [7, 11) is 0. The van der Waals surface area contributed by atoms with Crippen molar-refractivity contribution in [2.45, 2.75) is 20.3 Å². The van der Waals surface area contributed by atoms with Crippen LogP contribution in [-0.2, 0) is 4.79 Å². The summed E-state index contributed by atoms with van der Waals surface area (Å²) >= 11 is 5.92. The number of nitrogens with zero attached hydrogens (tertiary/aromatic N) is 1. The van der Waals surface area contributed by atoms with E-state index in [-0.39, 0.29) is 5.91 Å². The lowest BCUT2D eigenvalue weighted by molar-refractivity contribution is -0.121. The lowest BCUT2D eigenvalue weighted by Gasteiger charge is -2.02. The van der Waals surface area contributed by atoms with Gasteiger partial charge in [-0.3, -0.25) is 4.79 Å². The maximum Gasteiger partial charge on any atom is 0.240 e. The van der Waals surface area contributed by atoms with Gasteiger partial charge in [0.2, 0.25) is 5.91 Å². The Labute approximate surface area is 101 Å². The van der Waals surface area contributed by atoms with E-state index in [1.165, 1.54) is 0 Å². The average Bonchev–Trinajstić information content (AvgIpc) is 2.19. The summed E-state index contributed by atoms with van der Waals surface area (Å²) in [5.41, 5.74) is 3.25. The van der Waals surface area contributed by atoms with E-state index >= 15 is 0 Å². The van der Waals surface area contributed by atoms with Crippen LogP contribution in [0.25, 0.3) is 0 Å². The summed E-state index contributed by atoms with van der Waals surface area (Å²) in [5.74, 6) is 0.244. The van der Waals surface area contributed by atoms with Crippen molar-refractivity contribution in [3.05, 3.63) is 34.9 Å². The summed E-state index contributed by atoms with van der Waals surface area (Å²) < 4.78 is 0. The van der Waals surface area contributed by atoms with Crippen LogP contribution in [0.2, 0.25) is 5.02 Å². The fourth-order valence-electron chi connectivity index (χ4n) is 1.17. The number of amides is 1. The van der Waals surface area contributed by atoms with E-state index in [2.05, 4.69) is 10.5 Å². The normalized spacial score (nSPS) is 11.0. The Hall–Kier alpha value is -1.35. The second-order valence-electron chi connectivity index (χ2n) is 3.91. The van der Waals surface area contributed by atoms with Gasteiger partial charge < -0.3 is 0 Å². The molecule has 16 heavy (non-hydrogen) atoms. The molecule has 0 aromatic heterocycles. The quantitative estimate of drug-likeness (QED) is 0.636. The van der Waals surface area contributed by atoms with Crippen LogP contribution >= 0.6 is 11.6 Å². The fraction of sp³-hybridized carbons (Fsp3) is 0.333. The van der Waals surface area contributed by atoms with E-state index in [0.29, 0.717) is 17.4 Å². The average molecular weight is 239 g/mol. The number of hydrazone groups is 1. The molecule has 0 fully saturated rings. The van der Waals surface area contributed by atoms with Crippen LogP contribution in [0.3, 0.4) is 0 Å². The zero-order valence-electron chi connectivity index (χ0n) is 9.40. The molecule has 0 aliphatic heterocycles. The molecule has 0 aliphatic rings. The Morgan fingerprint density at radius 3 is 2.81 bits per heavy atom. The van der Waals surface area contributed by atoms with Gasteiger partial charge in [0.05, 0.1) is 6.21 Å². The fourth-order valence-corrected chi connectivity index (χ4v) is 1.35. The number of nitrogens with one attached hydrogen (secondary N) is 1. The summed E-state index contributed by atoms with van der Waals surface area (Å²) in [6.07, 6.45) is 2.01. The van der Waals surface area contributed by atoms with Crippen molar-refractivity contribution >= 4 is 23.7 Å². The van der Waals surface area contributed by atoms with Crippen molar-refractivity contribution < 1.29 is 4.79 Å². The van der Waals surface area contributed by atoms with Crippen LogP contribution in [0.15, 0.2) is 29.4 Å². The molecule has 86 valence electrons. The van der Waals surface area contributed by atoms with Gasteiger partial charge in [0.15, 0.2) is 0 Å². The van der Waals surface area contributed by atoms with E-state index in [4.69, 9.17) is 11.6 Å². The first-order valence-electron chi connectivity index (χ1n) is 5.16. The molecule has 4 heteroatoms. The number of benzene rings is 1. The van der Waals surface area contributed by atoms with Crippen LogP contribution in [0.1, 0.15) is 25.8 Å². The van der Waals surface area contributed by atoms with Gasteiger partial charge in [0, 0.05) is 17.0 Å². The van der Waals surface area contributed by atoms with Crippen molar-refractivity contribution in [1.29, 1.82) is 0 Å². The summed E-state index contributed by atoms with van der Waals surface area (Å²) in [4.78, 5) is 11.3. The van der Waals surface area contributed by atoms with E-state index in [1.807, 2.05) is 32.0 Å². The van der Waals surface area contributed by atoms with Gasteiger partial charge in [-0.15, -0.1) is 0 Å². The van der Waals surface area contributed by atoms with Gasteiger partial charge in [-0.25, -0.2) is 5.43 Å². The molecular weight excluding hydrogens is 224 g/mol. The molecule has 1 amide bonds. The topological polar surface area (TPSA) is 41.5 Å². The molecule has 0 bridgehead atoms. The largest absolute Gasteiger partial charge is 0.273 e. The molecule has 1 rings (SSSR count). The lowest BCUT2D eigenvalue weighted by atomic mass is 10.1. The van der Waals surface area contributed by atoms with Crippen molar-refractivity contribution in [3.63, 3.8) is 0 Å². The Morgan fingerprint density at radius 1 is 1.50 bits per heavy atom. The molecule has 1 N–H and O–H groups in total. The van der Waals surface area contributed by atoms with Crippen LogP contribution in [0, 0.1) is 5.92 Å². The zero-order chi connectivity index (χ0) is 12.0. The minimum Gasteiger partial charge on any atom is -0.273 e. The van der Waals surface area contributed by atoms with Gasteiger partial charge in [-0.2, -0.15) is 5.10 Å². The lowest BCUT2D eigenvalue weighted by Crippen LogP contribution is -2.19. The molecular formula is C12H15ClN2O. The number of hydrogen-bond acceptors (Lipinski definition) is 2. The Kier molecular flexibility index (Phi) is 4.99. The number of halogens is 1. The third-order valence-corrected chi connectivity index (χ3v) is 2.24. The predicted molar refractivity (Wildman–Crippen MR) is 66.6 cm³/mol. The molecule has 0 radical (unpaired) electrons. The molecule has 0 unspecified atom stereocenters. The van der Waals surface area contributed by atoms with Crippen molar-refractivity contribution in [2.24, 2.45) is 11.0 Å². The third-order valence-electron chi connectivity index (χ3n) is 1.89. The van der Waals surface area contributed by atoms with Gasteiger partial charge in [0.1, 0.15) is 0 Å². The Bertz CT molecular complexity index is 388. The molecule has 0 saturated carbocycles. The molecule has 1 aromatic carbocycles. The minimum atomic E-state index is -0.0849. The molecule has 0 aliphatic carbocycles.